The number of nitrogens with two attached hydrogens (primary N) is 1. The van der Waals surface area contributed by atoms with Crippen LogP contribution in [-0.2, 0) is 6.54 Å². The van der Waals surface area contributed by atoms with Crippen molar-refractivity contribution in [2.24, 2.45) is 5.73 Å². The predicted octanol–water partition coefficient (Wildman–Crippen LogP) is 6.25. The van der Waals surface area contributed by atoms with Gasteiger partial charge in [-0.25, -0.2) is 15.0 Å². The zero-order chi connectivity index (χ0) is 31.9. The van der Waals surface area contributed by atoms with E-state index >= 15 is 0 Å². The van der Waals surface area contributed by atoms with E-state index in [9.17, 15) is 4.79 Å². The molecule has 0 spiro atoms. The van der Waals surface area contributed by atoms with Crippen LogP contribution < -0.4 is 5.73 Å². The molecule has 10 heteroatoms. The second-order valence-corrected chi connectivity index (χ2v) is 12.5. The molecule has 0 bridgehead atoms. The van der Waals surface area contributed by atoms with Gasteiger partial charge in [-0.1, -0.05) is 54.6 Å². The Morgan fingerprint density at radius 2 is 1.77 bits per heavy atom. The standard InChI is InChI=1S/C37H35N9O/c1-23-19-32-39-21-30-20-31(25-5-3-2-4-6-25)33(40-37(30)46(32)44-23)26-9-7-24(8-10-26)22-45-17-15-29(16-18-45)36-41-35(42-43-36)28-13-11-27(12-14-28)34(38)47/h3,5-14,19-21,29H,2,4,15-18,22H2,1H3,(H2,38,47)(H,41,42,43). The first kappa shape index (κ1) is 29.0. The Morgan fingerprint density at radius 1 is 0.979 bits per heavy atom. The first-order valence-electron chi connectivity index (χ1n) is 16.2. The molecule has 1 aliphatic carbocycles. The van der Waals surface area contributed by atoms with Gasteiger partial charge in [0, 0.05) is 52.4 Å². The number of aromatic amines is 1. The second-order valence-electron chi connectivity index (χ2n) is 12.5. The Morgan fingerprint density at radius 3 is 2.51 bits per heavy atom. The molecule has 10 nitrogen and oxygen atoms in total. The average Bonchev–Trinajstić information content (AvgIpc) is 3.76. The number of pyridine rings is 1. The number of nitrogens with one attached hydrogen (secondary N) is 1. The Balaban J connectivity index is 0.979. The normalized spacial score (nSPS) is 15.8. The van der Waals surface area contributed by atoms with Gasteiger partial charge in [-0.3, -0.25) is 14.8 Å². The minimum atomic E-state index is -0.444. The molecule has 1 saturated heterocycles. The van der Waals surface area contributed by atoms with E-state index in [1.807, 2.05) is 35.8 Å². The van der Waals surface area contributed by atoms with Crippen LogP contribution in [0.3, 0.4) is 0 Å². The van der Waals surface area contributed by atoms with E-state index in [4.69, 9.17) is 15.7 Å². The van der Waals surface area contributed by atoms with Crippen molar-refractivity contribution < 1.29 is 4.79 Å². The van der Waals surface area contributed by atoms with Crippen LogP contribution in [0.5, 0.6) is 0 Å². The average molecular weight is 622 g/mol. The minimum Gasteiger partial charge on any atom is -0.366 e. The number of H-pyrrole nitrogens is 1. The summed E-state index contributed by atoms with van der Waals surface area (Å²) >= 11 is 0. The maximum Gasteiger partial charge on any atom is 0.248 e. The molecule has 6 aromatic rings. The van der Waals surface area contributed by atoms with Gasteiger partial charge >= 0.3 is 0 Å². The summed E-state index contributed by atoms with van der Waals surface area (Å²) in [5.74, 6) is 1.45. The fourth-order valence-electron chi connectivity index (χ4n) is 6.67. The van der Waals surface area contributed by atoms with E-state index in [1.165, 1.54) is 11.1 Å². The monoisotopic (exact) mass is 621 g/mol. The number of likely N-dealkylation sites (tertiary alicyclic amines) is 1. The van der Waals surface area contributed by atoms with Crippen LogP contribution in [0, 0.1) is 6.92 Å². The van der Waals surface area contributed by atoms with E-state index in [1.54, 1.807) is 12.1 Å². The Bertz CT molecular complexity index is 2170. The van der Waals surface area contributed by atoms with E-state index < -0.39 is 5.91 Å². The molecule has 0 saturated carbocycles. The van der Waals surface area contributed by atoms with Gasteiger partial charge < -0.3 is 5.73 Å². The van der Waals surface area contributed by atoms with Crippen molar-refractivity contribution in [1.29, 1.82) is 0 Å². The number of piperidine rings is 1. The smallest absolute Gasteiger partial charge is 0.248 e. The Kier molecular flexibility index (Phi) is 7.41. The van der Waals surface area contributed by atoms with Gasteiger partial charge in [0.15, 0.2) is 17.1 Å². The number of nitrogens with zero attached hydrogens (tertiary/aromatic N) is 7. The van der Waals surface area contributed by atoms with Crippen molar-refractivity contribution >= 4 is 28.2 Å². The van der Waals surface area contributed by atoms with E-state index in [-0.39, 0.29) is 0 Å². The molecule has 0 unspecified atom stereocenters. The first-order chi connectivity index (χ1) is 23.0. The molecule has 0 atom stereocenters. The highest BCUT2D eigenvalue weighted by atomic mass is 16.1. The van der Waals surface area contributed by atoms with Crippen molar-refractivity contribution in [3.05, 3.63) is 113 Å². The fourth-order valence-corrected chi connectivity index (χ4v) is 6.67. The number of allylic oxidation sites excluding steroid dienone is 4. The summed E-state index contributed by atoms with van der Waals surface area (Å²) in [6.45, 7) is 4.85. The van der Waals surface area contributed by atoms with Gasteiger partial charge in [0.05, 0.1) is 11.4 Å². The maximum atomic E-state index is 11.4. The van der Waals surface area contributed by atoms with Crippen LogP contribution in [-0.4, -0.2) is 58.7 Å². The molecule has 5 heterocycles. The predicted molar refractivity (Wildman–Crippen MR) is 182 cm³/mol. The van der Waals surface area contributed by atoms with Crippen LogP contribution in [0.15, 0.2) is 85.1 Å². The van der Waals surface area contributed by atoms with Crippen molar-refractivity contribution in [2.75, 3.05) is 13.1 Å². The third kappa shape index (κ3) is 5.72. The second kappa shape index (κ2) is 12.0. The van der Waals surface area contributed by atoms with E-state index in [0.717, 1.165) is 95.9 Å². The molecule has 2 aromatic carbocycles. The van der Waals surface area contributed by atoms with Gasteiger partial charge in [0.2, 0.25) is 5.91 Å². The number of aryl methyl sites for hydroxylation is 1. The molecule has 3 N–H and O–H groups in total. The maximum absolute atomic E-state index is 11.4. The number of carbonyl (C=O) groups is 1. The highest BCUT2D eigenvalue weighted by molar-refractivity contribution is 5.93. The lowest BCUT2D eigenvalue weighted by molar-refractivity contribution is 0.100. The summed E-state index contributed by atoms with van der Waals surface area (Å²) in [5, 5.41) is 13.2. The summed E-state index contributed by atoms with van der Waals surface area (Å²) in [6.07, 6.45) is 12.8. The zero-order valence-corrected chi connectivity index (χ0v) is 26.2. The van der Waals surface area contributed by atoms with Gasteiger partial charge in [-0.15, -0.1) is 0 Å². The van der Waals surface area contributed by atoms with Gasteiger partial charge in [-0.05, 0) is 75.0 Å². The molecule has 1 fully saturated rings. The number of fused-ring (bicyclic) bond motifs is 3. The molecule has 2 aliphatic rings. The number of hydrogen-bond acceptors (Lipinski definition) is 7. The van der Waals surface area contributed by atoms with Crippen LogP contribution in [0.25, 0.3) is 44.9 Å². The molecule has 1 aliphatic heterocycles. The molecular formula is C37H35N9O. The van der Waals surface area contributed by atoms with Crippen molar-refractivity contribution in [3.8, 4) is 22.6 Å². The Hall–Kier alpha value is -5.48. The first-order valence-corrected chi connectivity index (χ1v) is 16.2. The number of rotatable bonds is 7. The number of aromatic nitrogens is 7. The van der Waals surface area contributed by atoms with E-state index in [0.29, 0.717) is 17.3 Å². The van der Waals surface area contributed by atoms with E-state index in [2.05, 4.69) is 73.7 Å². The van der Waals surface area contributed by atoms with Gasteiger partial charge in [-0.2, -0.15) is 14.7 Å². The number of benzene rings is 2. The molecule has 234 valence electrons. The third-order valence-corrected chi connectivity index (χ3v) is 9.22. The molecule has 0 radical (unpaired) electrons. The Labute approximate surface area is 272 Å². The molecule has 4 aromatic heterocycles. The summed E-state index contributed by atoms with van der Waals surface area (Å²) in [6, 6.07) is 20.1. The lowest BCUT2D eigenvalue weighted by Gasteiger charge is -2.31. The number of primary amides is 1. The molecular weight excluding hydrogens is 586 g/mol. The summed E-state index contributed by atoms with van der Waals surface area (Å²) in [5.41, 5.74) is 14.9. The highest BCUT2D eigenvalue weighted by Gasteiger charge is 2.24. The van der Waals surface area contributed by atoms with Crippen molar-refractivity contribution in [2.45, 2.75) is 45.1 Å². The molecule has 8 rings (SSSR count). The van der Waals surface area contributed by atoms with Gasteiger partial charge in [0.1, 0.15) is 5.82 Å². The molecule has 47 heavy (non-hydrogen) atoms. The summed E-state index contributed by atoms with van der Waals surface area (Å²) < 4.78 is 1.85. The van der Waals surface area contributed by atoms with Crippen molar-refractivity contribution in [1.82, 2.24) is 39.7 Å². The van der Waals surface area contributed by atoms with Crippen LogP contribution in [0.2, 0.25) is 0 Å². The topological polar surface area (TPSA) is 131 Å². The SMILES string of the molecule is Cc1cc2ncc3cc(C4=CCCC=C4)c(-c4ccc(CN5CCC(c6nc(-c7ccc(C(N)=O)cc7)n[nH]6)CC5)cc4)nc3n2n1. The number of hydrogen-bond donors (Lipinski definition) is 2. The largest absolute Gasteiger partial charge is 0.366 e. The highest BCUT2D eigenvalue weighted by Crippen LogP contribution is 2.34. The van der Waals surface area contributed by atoms with Crippen LogP contribution in [0.1, 0.15) is 64.6 Å². The van der Waals surface area contributed by atoms with Gasteiger partial charge in [0.25, 0.3) is 0 Å². The number of amides is 1. The summed E-state index contributed by atoms with van der Waals surface area (Å²) in [7, 11) is 0. The summed E-state index contributed by atoms with van der Waals surface area (Å²) in [4.78, 5) is 28.5. The minimum absolute atomic E-state index is 0.334. The quantitative estimate of drug-likeness (QED) is 0.215. The lowest BCUT2D eigenvalue weighted by Crippen LogP contribution is -2.32. The third-order valence-electron chi connectivity index (χ3n) is 9.22. The fraction of sp³-hybridized carbons (Fsp3) is 0.243. The van der Waals surface area contributed by atoms with Crippen molar-refractivity contribution in [3.63, 3.8) is 0 Å². The number of carbonyl (C=O) groups excluding carboxylic acids is 1. The zero-order valence-electron chi connectivity index (χ0n) is 26.2. The van der Waals surface area contributed by atoms with Crippen LogP contribution in [0.4, 0.5) is 0 Å². The lowest BCUT2D eigenvalue weighted by atomic mass is 9.94. The van der Waals surface area contributed by atoms with Crippen LogP contribution >= 0.6 is 0 Å². The molecule has 1 amide bonds.